The predicted octanol–water partition coefficient (Wildman–Crippen LogP) is 3.08. The first-order valence-electron chi connectivity index (χ1n) is 7.37. The standard InChI is InChI=1S/C17H17N3O3/c1-2-20-14-10-13(8-9-15(14)23-11-16(20)21)19-17(22)18-12-6-4-3-5-7-12/h3-10H,2,11H2,1H3,(H2,18,19,22). The average Bonchev–Trinajstić information content (AvgIpc) is 2.55. The number of hydrogen-bond acceptors (Lipinski definition) is 3. The number of urea groups is 1. The van der Waals surface area contributed by atoms with Crippen LogP contribution in [0.2, 0.25) is 0 Å². The molecule has 0 bridgehead atoms. The number of rotatable bonds is 3. The summed E-state index contributed by atoms with van der Waals surface area (Å²) in [6, 6.07) is 14.1. The van der Waals surface area contributed by atoms with Crippen molar-refractivity contribution in [1.29, 1.82) is 0 Å². The average molecular weight is 311 g/mol. The lowest BCUT2D eigenvalue weighted by molar-refractivity contribution is -0.121. The molecule has 23 heavy (non-hydrogen) atoms. The number of hydrogen-bond donors (Lipinski definition) is 2. The molecule has 0 unspecified atom stereocenters. The molecule has 0 saturated heterocycles. The summed E-state index contributed by atoms with van der Waals surface area (Å²) in [7, 11) is 0. The van der Waals surface area contributed by atoms with Crippen molar-refractivity contribution in [3.05, 3.63) is 48.5 Å². The molecule has 2 N–H and O–H groups in total. The molecular formula is C17H17N3O3. The Morgan fingerprint density at radius 1 is 1.13 bits per heavy atom. The highest BCUT2D eigenvalue weighted by molar-refractivity contribution is 6.02. The number of carbonyl (C=O) groups excluding carboxylic acids is 2. The molecule has 0 aliphatic carbocycles. The molecule has 3 amide bonds. The van der Waals surface area contributed by atoms with Crippen LogP contribution in [-0.2, 0) is 4.79 Å². The van der Waals surface area contributed by atoms with E-state index in [1.807, 2.05) is 25.1 Å². The summed E-state index contributed by atoms with van der Waals surface area (Å²) in [6.45, 7) is 2.49. The van der Waals surface area contributed by atoms with E-state index in [2.05, 4.69) is 10.6 Å². The Morgan fingerprint density at radius 3 is 2.61 bits per heavy atom. The van der Waals surface area contributed by atoms with E-state index in [1.54, 1.807) is 35.2 Å². The topological polar surface area (TPSA) is 70.7 Å². The molecule has 118 valence electrons. The summed E-state index contributed by atoms with van der Waals surface area (Å²) in [5.74, 6) is 0.548. The van der Waals surface area contributed by atoms with Crippen LogP contribution in [0.3, 0.4) is 0 Å². The third kappa shape index (κ3) is 3.26. The maximum atomic E-state index is 12.0. The van der Waals surface area contributed by atoms with Crippen molar-refractivity contribution in [1.82, 2.24) is 0 Å². The number of ether oxygens (including phenoxy) is 1. The van der Waals surface area contributed by atoms with Crippen molar-refractivity contribution in [2.75, 3.05) is 28.7 Å². The third-order valence-corrected chi connectivity index (χ3v) is 3.51. The number of likely N-dealkylation sites (N-methyl/N-ethyl adjacent to an activating group) is 1. The van der Waals surface area contributed by atoms with Gasteiger partial charge in [0.1, 0.15) is 5.75 Å². The van der Waals surface area contributed by atoms with Gasteiger partial charge in [0.15, 0.2) is 6.61 Å². The molecule has 1 aliphatic heterocycles. The molecule has 0 saturated carbocycles. The number of anilines is 3. The highest BCUT2D eigenvalue weighted by atomic mass is 16.5. The molecule has 3 rings (SSSR count). The number of benzene rings is 2. The lowest BCUT2D eigenvalue weighted by Crippen LogP contribution is -2.38. The van der Waals surface area contributed by atoms with Crippen LogP contribution in [0.1, 0.15) is 6.92 Å². The van der Waals surface area contributed by atoms with Crippen LogP contribution in [0.4, 0.5) is 21.9 Å². The fourth-order valence-corrected chi connectivity index (χ4v) is 2.44. The van der Waals surface area contributed by atoms with Gasteiger partial charge in [0.25, 0.3) is 5.91 Å². The van der Waals surface area contributed by atoms with Gasteiger partial charge in [-0.2, -0.15) is 0 Å². The maximum Gasteiger partial charge on any atom is 0.323 e. The van der Waals surface area contributed by atoms with Crippen molar-refractivity contribution >= 4 is 29.0 Å². The predicted molar refractivity (Wildman–Crippen MR) is 89.0 cm³/mol. The van der Waals surface area contributed by atoms with E-state index >= 15 is 0 Å². The van der Waals surface area contributed by atoms with Gasteiger partial charge >= 0.3 is 6.03 Å². The summed E-state index contributed by atoms with van der Waals surface area (Å²) in [4.78, 5) is 25.5. The molecule has 1 aliphatic rings. The van der Waals surface area contributed by atoms with Gasteiger partial charge < -0.3 is 20.3 Å². The van der Waals surface area contributed by atoms with Crippen molar-refractivity contribution in [3.63, 3.8) is 0 Å². The lowest BCUT2D eigenvalue weighted by atomic mass is 10.2. The molecule has 1 heterocycles. The van der Waals surface area contributed by atoms with E-state index in [-0.39, 0.29) is 18.5 Å². The number of amides is 3. The Kier molecular flexibility index (Phi) is 4.14. The van der Waals surface area contributed by atoms with Crippen LogP contribution in [0.15, 0.2) is 48.5 Å². The second kappa shape index (κ2) is 6.39. The summed E-state index contributed by atoms with van der Waals surface area (Å²) in [5, 5.41) is 5.50. The molecule has 0 spiro atoms. The van der Waals surface area contributed by atoms with Gasteiger partial charge in [-0.25, -0.2) is 4.79 Å². The largest absolute Gasteiger partial charge is 0.482 e. The first-order chi connectivity index (χ1) is 11.2. The van der Waals surface area contributed by atoms with Gasteiger partial charge in [0, 0.05) is 17.9 Å². The van der Waals surface area contributed by atoms with Gasteiger partial charge in [-0.05, 0) is 37.3 Å². The van der Waals surface area contributed by atoms with Gasteiger partial charge in [-0.3, -0.25) is 4.79 Å². The lowest BCUT2D eigenvalue weighted by Gasteiger charge is -2.28. The minimum Gasteiger partial charge on any atom is -0.482 e. The van der Waals surface area contributed by atoms with Crippen LogP contribution in [-0.4, -0.2) is 25.1 Å². The fraction of sp³-hybridized carbons (Fsp3) is 0.176. The smallest absolute Gasteiger partial charge is 0.323 e. The molecule has 2 aromatic rings. The van der Waals surface area contributed by atoms with E-state index < -0.39 is 0 Å². The van der Waals surface area contributed by atoms with Crippen LogP contribution < -0.4 is 20.3 Å². The van der Waals surface area contributed by atoms with E-state index in [0.717, 1.165) is 0 Å². The zero-order valence-electron chi connectivity index (χ0n) is 12.7. The summed E-state index contributed by atoms with van der Waals surface area (Å²) < 4.78 is 5.40. The number of fused-ring (bicyclic) bond motifs is 1. The SMILES string of the molecule is CCN1C(=O)COc2ccc(NC(=O)Nc3ccccc3)cc21. The highest BCUT2D eigenvalue weighted by Gasteiger charge is 2.24. The molecule has 0 aromatic heterocycles. The van der Waals surface area contributed by atoms with Crippen molar-refractivity contribution in [2.24, 2.45) is 0 Å². The zero-order valence-corrected chi connectivity index (χ0v) is 12.7. The summed E-state index contributed by atoms with van der Waals surface area (Å²) in [5.41, 5.74) is 1.96. The van der Waals surface area contributed by atoms with Crippen LogP contribution in [0.25, 0.3) is 0 Å². The Balaban J connectivity index is 1.75. The van der Waals surface area contributed by atoms with Gasteiger partial charge in [0.2, 0.25) is 0 Å². The first-order valence-corrected chi connectivity index (χ1v) is 7.37. The second-order valence-corrected chi connectivity index (χ2v) is 5.05. The van der Waals surface area contributed by atoms with E-state index in [9.17, 15) is 9.59 Å². The van der Waals surface area contributed by atoms with Gasteiger partial charge in [-0.1, -0.05) is 18.2 Å². The minimum atomic E-state index is -0.345. The van der Waals surface area contributed by atoms with Crippen LogP contribution in [0.5, 0.6) is 5.75 Å². The Bertz CT molecular complexity index is 731. The molecule has 2 aromatic carbocycles. The van der Waals surface area contributed by atoms with Crippen molar-refractivity contribution < 1.29 is 14.3 Å². The van der Waals surface area contributed by atoms with Gasteiger partial charge in [-0.15, -0.1) is 0 Å². The molecule has 6 nitrogen and oxygen atoms in total. The zero-order chi connectivity index (χ0) is 16.2. The molecule has 0 radical (unpaired) electrons. The summed E-state index contributed by atoms with van der Waals surface area (Å²) >= 11 is 0. The Labute approximate surface area is 134 Å². The van der Waals surface area contributed by atoms with Crippen LogP contribution in [0, 0.1) is 0 Å². The van der Waals surface area contributed by atoms with E-state index in [1.165, 1.54) is 0 Å². The number of nitrogens with zero attached hydrogens (tertiary/aromatic N) is 1. The second-order valence-electron chi connectivity index (χ2n) is 5.05. The quantitative estimate of drug-likeness (QED) is 0.915. The van der Waals surface area contributed by atoms with Crippen molar-refractivity contribution in [3.8, 4) is 5.75 Å². The Hall–Kier alpha value is -3.02. The fourth-order valence-electron chi connectivity index (χ4n) is 2.44. The molecule has 0 atom stereocenters. The monoisotopic (exact) mass is 311 g/mol. The highest BCUT2D eigenvalue weighted by Crippen LogP contribution is 2.34. The van der Waals surface area contributed by atoms with Gasteiger partial charge in [0.05, 0.1) is 5.69 Å². The normalized spacial score (nSPS) is 13.1. The van der Waals surface area contributed by atoms with E-state index in [0.29, 0.717) is 29.4 Å². The van der Waals surface area contributed by atoms with Crippen molar-refractivity contribution in [2.45, 2.75) is 6.92 Å². The molecule has 6 heteroatoms. The first kappa shape index (κ1) is 14.9. The minimum absolute atomic E-state index is 0.0438. The van der Waals surface area contributed by atoms with Crippen LogP contribution >= 0.6 is 0 Å². The third-order valence-electron chi connectivity index (χ3n) is 3.51. The molecular weight excluding hydrogens is 294 g/mol. The Morgan fingerprint density at radius 2 is 1.87 bits per heavy atom. The number of nitrogens with one attached hydrogen (secondary N) is 2. The number of carbonyl (C=O) groups is 2. The van der Waals surface area contributed by atoms with E-state index in [4.69, 9.17) is 4.74 Å². The molecule has 0 fully saturated rings. The number of para-hydroxylation sites is 1. The maximum absolute atomic E-state index is 12.0. The summed E-state index contributed by atoms with van der Waals surface area (Å²) in [6.07, 6.45) is 0.